The van der Waals surface area contributed by atoms with Crippen LogP contribution in [0.15, 0.2) is 46.9 Å². The molecule has 1 nitrogen and oxygen atoms in total. The van der Waals surface area contributed by atoms with Crippen LogP contribution in [0.25, 0.3) is 0 Å². The standard InChI is InChI=1S/C14H10BrClF3N/c15-12-6-5-10(16)7-11(12)13(20)8-1-3-9(4-2-8)14(17,18)19/h1-7,13H,20H2. The van der Waals surface area contributed by atoms with Gasteiger partial charge in [0, 0.05) is 9.50 Å². The molecule has 0 bridgehead atoms. The highest BCUT2D eigenvalue weighted by atomic mass is 79.9. The van der Waals surface area contributed by atoms with Crippen molar-refractivity contribution < 1.29 is 13.2 Å². The van der Waals surface area contributed by atoms with Crippen molar-refractivity contribution in [1.82, 2.24) is 0 Å². The Kier molecular flexibility index (Phi) is 4.42. The molecular formula is C14H10BrClF3N. The number of hydrogen-bond donors (Lipinski definition) is 1. The fourth-order valence-corrected chi connectivity index (χ4v) is 2.49. The van der Waals surface area contributed by atoms with Gasteiger partial charge in [-0.2, -0.15) is 13.2 Å². The molecule has 0 aliphatic rings. The summed E-state index contributed by atoms with van der Waals surface area (Å²) in [5.41, 5.74) is 6.68. The summed E-state index contributed by atoms with van der Waals surface area (Å²) in [4.78, 5) is 0. The Labute approximate surface area is 127 Å². The summed E-state index contributed by atoms with van der Waals surface area (Å²) in [6.07, 6.45) is -4.35. The van der Waals surface area contributed by atoms with Crippen LogP contribution in [-0.2, 0) is 6.18 Å². The maximum Gasteiger partial charge on any atom is 0.416 e. The van der Waals surface area contributed by atoms with E-state index in [1.807, 2.05) is 0 Å². The van der Waals surface area contributed by atoms with Crippen LogP contribution >= 0.6 is 27.5 Å². The molecule has 0 radical (unpaired) electrons. The van der Waals surface area contributed by atoms with Gasteiger partial charge < -0.3 is 5.73 Å². The van der Waals surface area contributed by atoms with Crippen molar-refractivity contribution in [2.24, 2.45) is 5.73 Å². The molecule has 1 atom stereocenters. The molecule has 0 aliphatic carbocycles. The van der Waals surface area contributed by atoms with Crippen molar-refractivity contribution in [3.05, 3.63) is 68.7 Å². The first kappa shape index (κ1) is 15.4. The zero-order chi connectivity index (χ0) is 14.9. The summed E-state index contributed by atoms with van der Waals surface area (Å²) >= 11 is 9.26. The Morgan fingerprint density at radius 2 is 1.65 bits per heavy atom. The second-order valence-electron chi connectivity index (χ2n) is 4.26. The Hall–Kier alpha value is -1.04. The fourth-order valence-electron chi connectivity index (χ4n) is 1.81. The summed E-state index contributed by atoms with van der Waals surface area (Å²) in [7, 11) is 0. The lowest BCUT2D eigenvalue weighted by Gasteiger charge is -2.16. The van der Waals surface area contributed by atoms with Gasteiger partial charge in [0.15, 0.2) is 0 Å². The predicted octanol–water partition coefficient (Wildman–Crippen LogP) is 5.17. The minimum absolute atomic E-state index is 0.519. The van der Waals surface area contributed by atoms with Gasteiger partial charge in [0.1, 0.15) is 0 Å². The second kappa shape index (κ2) is 5.76. The van der Waals surface area contributed by atoms with Crippen LogP contribution in [-0.4, -0.2) is 0 Å². The highest BCUT2D eigenvalue weighted by molar-refractivity contribution is 9.10. The van der Waals surface area contributed by atoms with Crippen LogP contribution in [0.2, 0.25) is 5.02 Å². The van der Waals surface area contributed by atoms with Gasteiger partial charge in [0.05, 0.1) is 11.6 Å². The summed E-state index contributed by atoms with van der Waals surface area (Å²) in [6, 6.07) is 9.39. The predicted molar refractivity (Wildman–Crippen MR) is 76.6 cm³/mol. The first-order chi connectivity index (χ1) is 9.29. The number of halogens is 5. The van der Waals surface area contributed by atoms with Gasteiger partial charge >= 0.3 is 6.18 Å². The lowest BCUT2D eigenvalue weighted by molar-refractivity contribution is -0.137. The van der Waals surface area contributed by atoms with Crippen molar-refractivity contribution >= 4 is 27.5 Å². The van der Waals surface area contributed by atoms with Crippen molar-refractivity contribution in [2.45, 2.75) is 12.2 Å². The maximum absolute atomic E-state index is 12.5. The van der Waals surface area contributed by atoms with Crippen LogP contribution in [0.1, 0.15) is 22.7 Å². The van der Waals surface area contributed by atoms with Gasteiger partial charge in [0.2, 0.25) is 0 Å². The third-order valence-electron chi connectivity index (χ3n) is 2.89. The Morgan fingerprint density at radius 3 is 2.20 bits per heavy atom. The largest absolute Gasteiger partial charge is 0.416 e. The third kappa shape index (κ3) is 3.34. The minimum Gasteiger partial charge on any atom is -0.320 e. The van der Waals surface area contributed by atoms with Crippen molar-refractivity contribution in [1.29, 1.82) is 0 Å². The van der Waals surface area contributed by atoms with Gasteiger partial charge in [-0.3, -0.25) is 0 Å². The van der Waals surface area contributed by atoms with E-state index in [0.717, 1.165) is 22.2 Å². The smallest absolute Gasteiger partial charge is 0.320 e. The SMILES string of the molecule is NC(c1ccc(C(F)(F)F)cc1)c1cc(Cl)ccc1Br. The molecule has 20 heavy (non-hydrogen) atoms. The topological polar surface area (TPSA) is 26.0 Å². The number of nitrogens with two attached hydrogens (primary N) is 1. The molecule has 106 valence electrons. The van der Waals surface area contributed by atoms with E-state index in [1.54, 1.807) is 18.2 Å². The summed E-state index contributed by atoms with van der Waals surface area (Å²) in [5, 5.41) is 0.519. The quantitative estimate of drug-likeness (QED) is 0.782. The summed E-state index contributed by atoms with van der Waals surface area (Å²) in [5.74, 6) is 0. The zero-order valence-corrected chi connectivity index (χ0v) is 12.4. The van der Waals surface area contributed by atoms with Gasteiger partial charge in [-0.15, -0.1) is 0 Å². The molecule has 6 heteroatoms. The first-order valence-electron chi connectivity index (χ1n) is 5.66. The molecule has 2 aromatic carbocycles. The molecule has 2 N–H and O–H groups in total. The average molecular weight is 365 g/mol. The molecule has 2 rings (SSSR count). The monoisotopic (exact) mass is 363 g/mol. The summed E-state index contributed by atoms with van der Waals surface area (Å²) in [6.45, 7) is 0. The average Bonchev–Trinajstić information content (AvgIpc) is 2.40. The molecule has 0 heterocycles. The molecule has 0 spiro atoms. The van der Waals surface area contributed by atoms with E-state index in [-0.39, 0.29) is 0 Å². The molecular weight excluding hydrogens is 355 g/mol. The van der Waals surface area contributed by atoms with Crippen LogP contribution in [0.3, 0.4) is 0 Å². The lowest BCUT2D eigenvalue weighted by Crippen LogP contribution is -2.13. The van der Waals surface area contributed by atoms with E-state index < -0.39 is 17.8 Å². The third-order valence-corrected chi connectivity index (χ3v) is 3.85. The Bertz CT molecular complexity index is 611. The van der Waals surface area contributed by atoms with E-state index in [2.05, 4.69) is 15.9 Å². The van der Waals surface area contributed by atoms with Crippen LogP contribution in [0.5, 0.6) is 0 Å². The molecule has 2 aromatic rings. The molecule has 0 aliphatic heterocycles. The molecule has 0 fully saturated rings. The molecule has 0 saturated heterocycles. The van der Waals surface area contributed by atoms with E-state index >= 15 is 0 Å². The van der Waals surface area contributed by atoms with E-state index in [9.17, 15) is 13.2 Å². The van der Waals surface area contributed by atoms with E-state index in [0.29, 0.717) is 10.6 Å². The Morgan fingerprint density at radius 1 is 1.05 bits per heavy atom. The number of hydrogen-bond acceptors (Lipinski definition) is 1. The first-order valence-corrected chi connectivity index (χ1v) is 6.84. The summed E-state index contributed by atoms with van der Waals surface area (Å²) < 4.78 is 38.3. The molecule has 0 aromatic heterocycles. The van der Waals surface area contributed by atoms with Crippen LogP contribution in [0, 0.1) is 0 Å². The maximum atomic E-state index is 12.5. The minimum atomic E-state index is -4.35. The van der Waals surface area contributed by atoms with Gasteiger partial charge in [0.25, 0.3) is 0 Å². The van der Waals surface area contributed by atoms with Crippen molar-refractivity contribution in [3.63, 3.8) is 0 Å². The normalized spacial score (nSPS) is 13.3. The lowest BCUT2D eigenvalue weighted by atomic mass is 9.98. The van der Waals surface area contributed by atoms with Gasteiger partial charge in [-0.1, -0.05) is 39.7 Å². The molecule has 0 amide bonds. The van der Waals surface area contributed by atoms with Crippen molar-refractivity contribution in [2.75, 3.05) is 0 Å². The highest BCUT2D eigenvalue weighted by Crippen LogP contribution is 2.32. The Balaban J connectivity index is 2.34. The molecule has 0 saturated carbocycles. The van der Waals surface area contributed by atoms with Crippen LogP contribution in [0.4, 0.5) is 13.2 Å². The van der Waals surface area contributed by atoms with Crippen LogP contribution < -0.4 is 5.73 Å². The highest BCUT2D eigenvalue weighted by Gasteiger charge is 2.30. The molecule has 1 unspecified atom stereocenters. The van der Waals surface area contributed by atoms with Gasteiger partial charge in [-0.05, 0) is 41.5 Å². The number of benzene rings is 2. The van der Waals surface area contributed by atoms with E-state index in [1.165, 1.54) is 12.1 Å². The van der Waals surface area contributed by atoms with Gasteiger partial charge in [-0.25, -0.2) is 0 Å². The number of rotatable bonds is 2. The fraction of sp³-hybridized carbons (Fsp3) is 0.143. The van der Waals surface area contributed by atoms with E-state index in [4.69, 9.17) is 17.3 Å². The van der Waals surface area contributed by atoms with Crippen molar-refractivity contribution in [3.8, 4) is 0 Å². The number of alkyl halides is 3. The second-order valence-corrected chi connectivity index (χ2v) is 5.55. The zero-order valence-electron chi connectivity index (χ0n) is 10.1.